The quantitative estimate of drug-likeness (QED) is 0.340. The maximum absolute atomic E-state index is 13.7. The lowest BCUT2D eigenvalue weighted by Crippen LogP contribution is -2.54. The fourth-order valence-electron chi connectivity index (χ4n) is 4.73. The summed E-state index contributed by atoms with van der Waals surface area (Å²) in [5.41, 5.74) is 3.09. The molecule has 4 heterocycles. The Morgan fingerprint density at radius 1 is 1.08 bits per heavy atom. The molecule has 9 nitrogen and oxygen atoms in total. The summed E-state index contributed by atoms with van der Waals surface area (Å²) in [7, 11) is 0. The first-order valence-corrected chi connectivity index (χ1v) is 13.1. The number of rotatable bonds is 5. The molecule has 1 amide bonds. The number of hydrogen-bond acceptors (Lipinski definition) is 7. The van der Waals surface area contributed by atoms with Crippen LogP contribution in [0.4, 0.5) is 18.2 Å². The summed E-state index contributed by atoms with van der Waals surface area (Å²) in [6.45, 7) is 2.96. The fourth-order valence-corrected chi connectivity index (χ4v) is 5.70. The number of aromatic nitrogens is 6. The lowest BCUT2D eigenvalue weighted by Gasteiger charge is -2.40. The first-order chi connectivity index (χ1) is 18.8. The molecule has 0 aliphatic carbocycles. The third-order valence-electron chi connectivity index (χ3n) is 6.61. The number of aromatic amines is 1. The van der Waals surface area contributed by atoms with Crippen molar-refractivity contribution in [2.75, 3.05) is 24.5 Å². The summed E-state index contributed by atoms with van der Waals surface area (Å²) in [5.74, 6) is 0.147. The normalized spacial score (nSPS) is 16.3. The molecule has 39 heavy (non-hydrogen) atoms. The van der Waals surface area contributed by atoms with E-state index in [0.717, 1.165) is 5.56 Å². The predicted molar refractivity (Wildman–Crippen MR) is 141 cm³/mol. The van der Waals surface area contributed by atoms with Crippen LogP contribution in [0.15, 0.2) is 60.8 Å². The standard InChI is InChI=1S/C26H23F3N8OS/c1-16-13-35(11-12-37(16)21(38)15-36-14-20(33-34-36)17-7-3-2-4-8-17)24-22(32-25(39-24)26(27,28)29)23-30-18-9-5-6-10-19(18)31-23/h2-10,14,16H,11-13,15H2,1H3,(H,30,31). The molecule has 1 fully saturated rings. The highest BCUT2D eigenvalue weighted by Crippen LogP contribution is 2.42. The van der Waals surface area contributed by atoms with Crippen LogP contribution in [0.25, 0.3) is 33.8 Å². The van der Waals surface area contributed by atoms with E-state index in [4.69, 9.17) is 0 Å². The molecule has 0 saturated carbocycles. The Balaban J connectivity index is 1.20. The molecule has 1 aliphatic heterocycles. The van der Waals surface area contributed by atoms with Crippen molar-refractivity contribution < 1.29 is 18.0 Å². The minimum Gasteiger partial charge on any atom is -0.358 e. The van der Waals surface area contributed by atoms with Gasteiger partial charge in [0.1, 0.15) is 22.9 Å². The number of carbonyl (C=O) groups excluding carboxylic acids is 1. The van der Waals surface area contributed by atoms with Crippen LogP contribution >= 0.6 is 11.3 Å². The number of fused-ring (bicyclic) bond motifs is 1. The second-order valence-electron chi connectivity index (χ2n) is 9.32. The van der Waals surface area contributed by atoms with Gasteiger partial charge in [0.25, 0.3) is 0 Å². The second kappa shape index (κ2) is 9.80. The summed E-state index contributed by atoms with van der Waals surface area (Å²) in [6, 6.07) is 16.5. The number of para-hydroxylation sites is 2. The zero-order valence-corrected chi connectivity index (χ0v) is 21.6. The van der Waals surface area contributed by atoms with Gasteiger partial charge in [-0.2, -0.15) is 13.2 Å². The van der Waals surface area contributed by atoms with Crippen LogP contribution in [0.5, 0.6) is 0 Å². The van der Waals surface area contributed by atoms with E-state index >= 15 is 0 Å². The molecule has 3 aromatic heterocycles. The number of halogens is 3. The number of carbonyl (C=O) groups is 1. The van der Waals surface area contributed by atoms with Gasteiger partial charge in [-0.05, 0) is 19.1 Å². The van der Waals surface area contributed by atoms with Crippen molar-refractivity contribution in [2.24, 2.45) is 0 Å². The number of nitrogens with one attached hydrogen (secondary N) is 1. The molecule has 6 rings (SSSR count). The molecule has 13 heteroatoms. The topological polar surface area (TPSA) is 95.8 Å². The number of benzene rings is 2. The molecule has 1 atom stereocenters. The largest absolute Gasteiger partial charge is 0.443 e. The highest BCUT2D eigenvalue weighted by molar-refractivity contribution is 7.16. The molecule has 0 bridgehead atoms. The van der Waals surface area contributed by atoms with Crippen molar-refractivity contribution in [3.63, 3.8) is 0 Å². The van der Waals surface area contributed by atoms with Crippen molar-refractivity contribution in [1.82, 2.24) is 34.8 Å². The summed E-state index contributed by atoms with van der Waals surface area (Å²) in [4.78, 5) is 28.2. The fraction of sp³-hybridized carbons (Fsp3) is 0.269. The number of H-pyrrole nitrogens is 1. The van der Waals surface area contributed by atoms with Gasteiger partial charge < -0.3 is 14.8 Å². The van der Waals surface area contributed by atoms with E-state index in [2.05, 4.69) is 25.3 Å². The van der Waals surface area contributed by atoms with Gasteiger partial charge in [-0.3, -0.25) is 4.79 Å². The molecular formula is C26H23F3N8OS. The van der Waals surface area contributed by atoms with Gasteiger partial charge in [0.15, 0.2) is 5.82 Å². The van der Waals surface area contributed by atoms with Crippen molar-refractivity contribution >= 4 is 33.3 Å². The van der Waals surface area contributed by atoms with E-state index < -0.39 is 11.2 Å². The van der Waals surface area contributed by atoms with Crippen LogP contribution < -0.4 is 4.90 Å². The minimum atomic E-state index is -4.58. The lowest BCUT2D eigenvalue weighted by atomic mass is 10.2. The summed E-state index contributed by atoms with van der Waals surface area (Å²) in [6.07, 6.45) is -2.85. The average Bonchev–Trinajstić information content (AvgIpc) is 3.66. The monoisotopic (exact) mass is 552 g/mol. The summed E-state index contributed by atoms with van der Waals surface area (Å²) in [5, 5.41) is 7.70. The van der Waals surface area contributed by atoms with E-state index in [9.17, 15) is 18.0 Å². The van der Waals surface area contributed by atoms with Crippen molar-refractivity contribution in [2.45, 2.75) is 25.7 Å². The van der Waals surface area contributed by atoms with Gasteiger partial charge in [0, 0.05) is 31.2 Å². The lowest BCUT2D eigenvalue weighted by molar-refractivity contribution is -0.137. The smallest absolute Gasteiger partial charge is 0.358 e. The van der Waals surface area contributed by atoms with Crippen LogP contribution in [0.3, 0.4) is 0 Å². The minimum absolute atomic E-state index is 0.0210. The van der Waals surface area contributed by atoms with Gasteiger partial charge >= 0.3 is 6.18 Å². The van der Waals surface area contributed by atoms with Crippen molar-refractivity contribution in [3.05, 3.63) is 65.8 Å². The Morgan fingerprint density at radius 2 is 1.85 bits per heavy atom. The van der Waals surface area contributed by atoms with Crippen molar-refractivity contribution in [1.29, 1.82) is 0 Å². The first kappa shape index (κ1) is 25.0. The van der Waals surface area contributed by atoms with Gasteiger partial charge in [0.2, 0.25) is 10.9 Å². The first-order valence-electron chi connectivity index (χ1n) is 12.3. The number of piperazine rings is 1. The number of hydrogen-bond donors (Lipinski definition) is 1. The highest BCUT2D eigenvalue weighted by Gasteiger charge is 2.39. The van der Waals surface area contributed by atoms with Gasteiger partial charge in [-0.15, -0.1) is 5.10 Å². The maximum atomic E-state index is 13.7. The van der Waals surface area contributed by atoms with Crippen LogP contribution in [-0.2, 0) is 17.5 Å². The molecule has 0 radical (unpaired) electrons. The zero-order chi connectivity index (χ0) is 27.1. The Morgan fingerprint density at radius 3 is 2.59 bits per heavy atom. The SMILES string of the molecule is CC1CN(c2sc(C(F)(F)F)nc2-c2nc3ccccc3[nH]2)CCN1C(=O)Cn1cc(-c2ccccc2)nn1. The van der Waals surface area contributed by atoms with Gasteiger partial charge in [-0.25, -0.2) is 14.6 Å². The van der Waals surface area contributed by atoms with E-state index in [-0.39, 0.29) is 30.0 Å². The number of thiazole rings is 1. The zero-order valence-electron chi connectivity index (χ0n) is 20.8. The molecule has 1 saturated heterocycles. The van der Waals surface area contributed by atoms with Crippen molar-refractivity contribution in [3.8, 4) is 22.8 Å². The Hall–Kier alpha value is -4.26. The van der Waals surface area contributed by atoms with E-state index in [0.29, 0.717) is 52.7 Å². The second-order valence-corrected chi connectivity index (χ2v) is 10.3. The number of anilines is 1. The van der Waals surface area contributed by atoms with Gasteiger partial charge in [0.05, 0.1) is 17.2 Å². The molecule has 0 spiro atoms. The summed E-state index contributed by atoms with van der Waals surface area (Å²) < 4.78 is 42.5. The number of alkyl halides is 3. The molecule has 2 aromatic carbocycles. The van der Waals surface area contributed by atoms with Crippen LogP contribution in [0, 0.1) is 0 Å². The Kier molecular flexibility index (Phi) is 6.29. The number of nitrogens with zero attached hydrogens (tertiary/aromatic N) is 7. The maximum Gasteiger partial charge on any atom is 0.443 e. The summed E-state index contributed by atoms with van der Waals surface area (Å²) >= 11 is 0.597. The highest BCUT2D eigenvalue weighted by atomic mass is 32.1. The number of amides is 1. The molecule has 200 valence electrons. The third-order valence-corrected chi connectivity index (χ3v) is 7.77. The number of imidazole rings is 1. The molecule has 1 N–H and O–H groups in total. The Bertz CT molecular complexity index is 1590. The van der Waals surface area contributed by atoms with E-state index in [1.54, 1.807) is 17.2 Å². The van der Waals surface area contributed by atoms with Gasteiger partial charge in [-0.1, -0.05) is 59.0 Å². The third kappa shape index (κ3) is 4.97. The average molecular weight is 553 g/mol. The van der Waals surface area contributed by atoms with E-state index in [1.165, 1.54) is 4.68 Å². The predicted octanol–water partition coefficient (Wildman–Crippen LogP) is 4.70. The molecule has 5 aromatic rings. The molecular weight excluding hydrogens is 529 g/mol. The Labute approximate surface area is 224 Å². The molecule has 1 aliphatic rings. The van der Waals surface area contributed by atoms with Crippen LogP contribution in [0.1, 0.15) is 11.9 Å². The van der Waals surface area contributed by atoms with Crippen LogP contribution in [0.2, 0.25) is 0 Å². The van der Waals surface area contributed by atoms with Crippen LogP contribution in [-0.4, -0.2) is 66.4 Å². The van der Waals surface area contributed by atoms with E-state index in [1.807, 2.05) is 60.4 Å². The molecule has 1 unspecified atom stereocenters.